The van der Waals surface area contributed by atoms with E-state index in [0.717, 1.165) is 18.1 Å². The minimum absolute atomic E-state index is 0.790. The normalized spacial score (nSPS) is 10.6. The standard InChI is InChI=1S/C15H16ClNS/c1-18-15-7-5-12(6-8-15)10-17-11-13-3-2-4-14(16)9-13/h2-9,17H,10-11H2,1H3. The van der Waals surface area contributed by atoms with Crippen molar-refractivity contribution < 1.29 is 0 Å². The van der Waals surface area contributed by atoms with Crippen LogP contribution in [0.4, 0.5) is 0 Å². The van der Waals surface area contributed by atoms with Crippen LogP contribution in [0.25, 0.3) is 0 Å². The lowest BCUT2D eigenvalue weighted by Crippen LogP contribution is -2.12. The molecule has 0 amide bonds. The first-order chi connectivity index (χ1) is 8.78. The molecule has 0 aliphatic heterocycles. The number of nitrogens with one attached hydrogen (secondary N) is 1. The molecule has 1 nitrogen and oxygen atoms in total. The third-order valence-corrected chi connectivity index (χ3v) is 3.68. The summed E-state index contributed by atoms with van der Waals surface area (Å²) in [6, 6.07) is 16.6. The van der Waals surface area contributed by atoms with Gasteiger partial charge >= 0.3 is 0 Å². The SMILES string of the molecule is CSc1ccc(CNCc2cccc(Cl)c2)cc1. The Bertz CT molecular complexity index is 496. The quantitative estimate of drug-likeness (QED) is 0.816. The van der Waals surface area contributed by atoms with Crippen molar-refractivity contribution in [3.8, 4) is 0 Å². The molecular weight excluding hydrogens is 262 g/mol. The summed E-state index contributed by atoms with van der Waals surface area (Å²) in [4.78, 5) is 1.30. The Morgan fingerprint density at radius 2 is 1.72 bits per heavy atom. The van der Waals surface area contributed by atoms with Gasteiger partial charge in [0, 0.05) is 23.0 Å². The van der Waals surface area contributed by atoms with E-state index in [-0.39, 0.29) is 0 Å². The van der Waals surface area contributed by atoms with Gasteiger partial charge < -0.3 is 5.32 Å². The van der Waals surface area contributed by atoms with Gasteiger partial charge in [0.2, 0.25) is 0 Å². The topological polar surface area (TPSA) is 12.0 Å². The highest BCUT2D eigenvalue weighted by Crippen LogP contribution is 2.15. The fourth-order valence-electron chi connectivity index (χ4n) is 1.74. The molecule has 0 aromatic heterocycles. The summed E-state index contributed by atoms with van der Waals surface area (Å²) in [6.07, 6.45) is 2.09. The molecule has 0 unspecified atom stereocenters. The van der Waals surface area contributed by atoms with Crippen molar-refractivity contribution in [3.05, 3.63) is 64.7 Å². The van der Waals surface area contributed by atoms with E-state index in [0.29, 0.717) is 0 Å². The molecule has 0 aliphatic carbocycles. The van der Waals surface area contributed by atoms with Crippen molar-refractivity contribution in [2.75, 3.05) is 6.26 Å². The Labute approximate surface area is 118 Å². The summed E-state index contributed by atoms with van der Waals surface area (Å²) in [5.74, 6) is 0. The predicted molar refractivity (Wildman–Crippen MR) is 80.2 cm³/mol. The van der Waals surface area contributed by atoms with Crippen molar-refractivity contribution in [1.82, 2.24) is 5.32 Å². The minimum Gasteiger partial charge on any atom is -0.309 e. The lowest BCUT2D eigenvalue weighted by molar-refractivity contribution is 0.693. The molecule has 0 saturated heterocycles. The fourth-order valence-corrected chi connectivity index (χ4v) is 2.36. The molecule has 0 heterocycles. The maximum absolute atomic E-state index is 5.94. The van der Waals surface area contributed by atoms with Crippen LogP contribution in [-0.4, -0.2) is 6.26 Å². The molecule has 3 heteroatoms. The molecule has 2 aromatic carbocycles. The monoisotopic (exact) mass is 277 g/mol. The Hall–Kier alpha value is -0.960. The zero-order chi connectivity index (χ0) is 12.8. The second kappa shape index (κ2) is 6.83. The average Bonchev–Trinajstić information content (AvgIpc) is 2.40. The molecule has 94 valence electrons. The molecule has 0 saturated carbocycles. The van der Waals surface area contributed by atoms with E-state index in [1.54, 1.807) is 11.8 Å². The Balaban J connectivity index is 1.84. The molecule has 0 spiro atoms. The van der Waals surface area contributed by atoms with E-state index in [4.69, 9.17) is 11.6 Å². The largest absolute Gasteiger partial charge is 0.309 e. The maximum Gasteiger partial charge on any atom is 0.0409 e. The van der Waals surface area contributed by atoms with Gasteiger partial charge in [-0.2, -0.15) is 0 Å². The zero-order valence-electron chi connectivity index (χ0n) is 10.3. The number of rotatable bonds is 5. The zero-order valence-corrected chi connectivity index (χ0v) is 11.9. The average molecular weight is 278 g/mol. The van der Waals surface area contributed by atoms with Crippen LogP contribution in [0.2, 0.25) is 5.02 Å². The smallest absolute Gasteiger partial charge is 0.0409 e. The minimum atomic E-state index is 0.790. The van der Waals surface area contributed by atoms with Gasteiger partial charge in [0.15, 0.2) is 0 Å². The van der Waals surface area contributed by atoms with E-state index in [1.165, 1.54) is 16.0 Å². The second-order valence-corrected chi connectivity index (χ2v) is 5.40. The molecule has 18 heavy (non-hydrogen) atoms. The van der Waals surface area contributed by atoms with Crippen molar-refractivity contribution in [2.24, 2.45) is 0 Å². The van der Waals surface area contributed by atoms with Crippen molar-refractivity contribution in [2.45, 2.75) is 18.0 Å². The predicted octanol–water partition coefficient (Wildman–Crippen LogP) is 4.35. The van der Waals surface area contributed by atoms with Gasteiger partial charge in [0.25, 0.3) is 0 Å². The number of hydrogen-bond acceptors (Lipinski definition) is 2. The van der Waals surface area contributed by atoms with Gasteiger partial charge in [0.1, 0.15) is 0 Å². The van der Waals surface area contributed by atoms with Gasteiger partial charge in [-0.25, -0.2) is 0 Å². The molecule has 1 N–H and O–H groups in total. The Morgan fingerprint density at radius 1 is 1.00 bits per heavy atom. The third-order valence-electron chi connectivity index (χ3n) is 2.71. The second-order valence-electron chi connectivity index (χ2n) is 4.08. The molecule has 0 fully saturated rings. The van der Waals surface area contributed by atoms with Crippen LogP contribution < -0.4 is 5.32 Å². The lowest BCUT2D eigenvalue weighted by atomic mass is 10.2. The molecule has 2 rings (SSSR count). The van der Waals surface area contributed by atoms with Crippen LogP contribution in [0.5, 0.6) is 0 Å². The van der Waals surface area contributed by atoms with Crippen LogP contribution in [0.15, 0.2) is 53.4 Å². The molecule has 0 aliphatic rings. The Kier molecular flexibility index (Phi) is 5.12. The first-order valence-electron chi connectivity index (χ1n) is 5.86. The number of halogens is 1. The van der Waals surface area contributed by atoms with Crippen LogP contribution >= 0.6 is 23.4 Å². The van der Waals surface area contributed by atoms with Crippen molar-refractivity contribution >= 4 is 23.4 Å². The fraction of sp³-hybridized carbons (Fsp3) is 0.200. The highest BCUT2D eigenvalue weighted by Gasteiger charge is 1.96. The first kappa shape index (κ1) is 13.5. The highest BCUT2D eigenvalue weighted by molar-refractivity contribution is 7.98. The first-order valence-corrected chi connectivity index (χ1v) is 7.46. The molecule has 0 atom stereocenters. The van der Waals surface area contributed by atoms with Gasteiger partial charge in [-0.15, -0.1) is 11.8 Å². The van der Waals surface area contributed by atoms with Gasteiger partial charge in [0.05, 0.1) is 0 Å². The summed E-state index contributed by atoms with van der Waals surface area (Å²) in [7, 11) is 0. The van der Waals surface area contributed by atoms with E-state index in [2.05, 4.69) is 41.9 Å². The number of hydrogen-bond donors (Lipinski definition) is 1. The van der Waals surface area contributed by atoms with E-state index in [1.807, 2.05) is 18.2 Å². The van der Waals surface area contributed by atoms with E-state index < -0.39 is 0 Å². The van der Waals surface area contributed by atoms with Gasteiger partial charge in [-0.05, 0) is 41.6 Å². The number of thioether (sulfide) groups is 1. The summed E-state index contributed by atoms with van der Waals surface area (Å²) < 4.78 is 0. The van der Waals surface area contributed by atoms with Crippen LogP contribution in [0.1, 0.15) is 11.1 Å². The number of benzene rings is 2. The molecule has 0 bridgehead atoms. The van der Waals surface area contributed by atoms with Crippen LogP contribution in [0, 0.1) is 0 Å². The van der Waals surface area contributed by atoms with Gasteiger partial charge in [-0.3, -0.25) is 0 Å². The molecule has 0 radical (unpaired) electrons. The van der Waals surface area contributed by atoms with Gasteiger partial charge in [-0.1, -0.05) is 35.9 Å². The molecular formula is C15H16ClNS. The van der Waals surface area contributed by atoms with E-state index in [9.17, 15) is 0 Å². The van der Waals surface area contributed by atoms with Crippen molar-refractivity contribution in [1.29, 1.82) is 0 Å². The van der Waals surface area contributed by atoms with Crippen molar-refractivity contribution in [3.63, 3.8) is 0 Å². The summed E-state index contributed by atoms with van der Waals surface area (Å²) in [5, 5.41) is 4.21. The summed E-state index contributed by atoms with van der Waals surface area (Å²) in [5.41, 5.74) is 2.51. The van der Waals surface area contributed by atoms with Crippen LogP contribution in [0.3, 0.4) is 0 Å². The van der Waals surface area contributed by atoms with Crippen LogP contribution in [-0.2, 0) is 13.1 Å². The summed E-state index contributed by atoms with van der Waals surface area (Å²) in [6.45, 7) is 1.71. The highest BCUT2D eigenvalue weighted by atomic mass is 35.5. The maximum atomic E-state index is 5.94. The Morgan fingerprint density at radius 3 is 2.39 bits per heavy atom. The third kappa shape index (κ3) is 4.05. The summed E-state index contributed by atoms with van der Waals surface area (Å²) >= 11 is 7.71. The lowest BCUT2D eigenvalue weighted by Gasteiger charge is -2.06. The van der Waals surface area contributed by atoms with E-state index >= 15 is 0 Å². The molecule has 2 aromatic rings.